The molecule has 1 aromatic heterocycles. The van der Waals surface area contributed by atoms with Gasteiger partial charge in [0, 0.05) is 22.7 Å². The fourth-order valence-corrected chi connectivity index (χ4v) is 2.57. The third-order valence-corrected chi connectivity index (χ3v) is 3.70. The fraction of sp³-hybridized carbons (Fsp3) is 0.118. The summed E-state index contributed by atoms with van der Waals surface area (Å²) in [5, 5.41) is 9.12. The van der Waals surface area contributed by atoms with E-state index in [4.69, 9.17) is 21.3 Å². The number of aryl methyl sites for hydroxylation is 1. The summed E-state index contributed by atoms with van der Waals surface area (Å²) < 4.78 is 6.55. The number of benzene rings is 2. The molecule has 2 aromatic carbocycles. The van der Waals surface area contributed by atoms with Crippen molar-refractivity contribution in [2.24, 2.45) is 0 Å². The van der Waals surface area contributed by atoms with Gasteiger partial charge in [0.15, 0.2) is 11.4 Å². The standard InChI is InChI=1S/C17H11ClN2O3/c18-13-4-1-3-11(9-13)16(21)12-5-6-14-15(10-12)23-17(22)20(14)8-2-7-19/h1,3-6,9-10H,2,8H2. The number of ketones is 1. The molecule has 0 fully saturated rings. The molecule has 0 radical (unpaired) electrons. The molecule has 114 valence electrons. The fourth-order valence-electron chi connectivity index (χ4n) is 2.38. The molecule has 23 heavy (non-hydrogen) atoms. The quantitative estimate of drug-likeness (QED) is 0.689. The first-order valence-electron chi connectivity index (χ1n) is 6.91. The van der Waals surface area contributed by atoms with Gasteiger partial charge in [-0.05, 0) is 30.3 Å². The normalized spacial score (nSPS) is 10.6. The van der Waals surface area contributed by atoms with Gasteiger partial charge in [-0.1, -0.05) is 23.7 Å². The number of carbonyl (C=O) groups excluding carboxylic acids is 1. The minimum Gasteiger partial charge on any atom is -0.408 e. The van der Waals surface area contributed by atoms with Gasteiger partial charge in [-0.3, -0.25) is 9.36 Å². The molecule has 5 nitrogen and oxygen atoms in total. The van der Waals surface area contributed by atoms with E-state index in [2.05, 4.69) is 0 Å². The Kier molecular flexibility index (Phi) is 4.00. The third kappa shape index (κ3) is 2.89. The van der Waals surface area contributed by atoms with Crippen molar-refractivity contribution in [1.29, 1.82) is 5.26 Å². The van der Waals surface area contributed by atoms with E-state index in [1.54, 1.807) is 36.4 Å². The molecule has 3 aromatic rings. The van der Waals surface area contributed by atoms with E-state index in [1.807, 2.05) is 6.07 Å². The molecule has 0 aliphatic heterocycles. The van der Waals surface area contributed by atoms with Crippen molar-refractivity contribution < 1.29 is 9.21 Å². The van der Waals surface area contributed by atoms with Gasteiger partial charge in [0.05, 0.1) is 18.0 Å². The number of carbonyl (C=O) groups is 1. The largest absolute Gasteiger partial charge is 0.419 e. The second kappa shape index (κ2) is 6.11. The lowest BCUT2D eigenvalue weighted by molar-refractivity contribution is 0.103. The zero-order valence-electron chi connectivity index (χ0n) is 12.0. The molecule has 1 heterocycles. The first-order chi connectivity index (χ1) is 11.1. The Labute approximate surface area is 136 Å². The van der Waals surface area contributed by atoms with Crippen LogP contribution in [-0.4, -0.2) is 10.4 Å². The monoisotopic (exact) mass is 326 g/mol. The van der Waals surface area contributed by atoms with Crippen LogP contribution in [0, 0.1) is 11.3 Å². The topological polar surface area (TPSA) is 76.0 Å². The van der Waals surface area contributed by atoms with Gasteiger partial charge in [0.25, 0.3) is 0 Å². The molecule has 0 amide bonds. The molecule has 0 saturated heterocycles. The third-order valence-electron chi connectivity index (χ3n) is 3.46. The summed E-state index contributed by atoms with van der Waals surface area (Å²) in [6, 6.07) is 13.4. The van der Waals surface area contributed by atoms with E-state index in [-0.39, 0.29) is 18.7 Å². The van der Waals surface area contributed by atoms with Gasteiger partial charge >= 0.3 is 5.76 Å². The van der Waals surface area contributed by atoms with E-state index in [0.717, 1.165) is 0 Å². The van der Waals surface area contributed by atoms with Crippen LogP contribution < -0.4 is 5.76 Å². The molecule has 0 atom stereocenters. The number of hydrogen-bond donors (Lipinski definition) is 0. The lowest BCUT2D eigenvalue weighted by atomic mass is 10.0. The first kappa shape index (κ1) is 15.1. The van der Waals surface area contributed by atoms with Gasteiger partial charge in [-0.25, -0.2) is 4.79 Å². The highest BCUT2D eigenvalue weighted by molar-refractivity contribution is 6.31. The van der Waals surface area contributed by atoms with Crippen molar-refractivity contribution in [3.05, 3.63) is 69.2 Å². The smallest absolute Gasteiger partial charge is 0.408 e. The molecule has 6 heteroatoms. The predicted octanol–water partition coefficient (Wildman–Crippen LogP) is 3.39. The van der Waals surface area contributed by atoms with Gasteiger partial charge in [0.2, 0.25) is 0 Å². The average Bonchev–Trinajstić information content (AvgIpc) is 2.86. The van der Waals surface area contributed by atoms with E-state index < -0.39 is 5.76 Å². The molecular formula is C17H11ClN2O3. The Morgan fingerprint density at radius 2 is 2.00 bits per heavy atom. The number of rotatable bonds is 4. The highest BCUT2D eigenvalue weighted by Crippen LogP contribution is 2.19. The van der Waals surface area contributed by atoms with Crippen LogP contribution in [0.2, 0.25) is 5.02 Å². The Morgan fingerprint density at radius 1 is 1.22 bits per heavy atom. The van der Waals surface area contributed by atoms with Crippen molar-refractivity contribution in [3.63, 3.8) is 0 Å². The van der Waals surface area contributed by atoms with Crippen LogP contribution in [0.4, 0.5) is 0 Å². The molecule has 0 aliphatic rings. The van der Waals surface area contributed by atoms with Crippen molar-refractivity contribution in [2.75, 3.05) is 0 Å². The number of nitrogens with zero attached hydrogens (tertiary/aromatic N) is 2. The van der Waals surface area contributed by atoms with E-state index in [9.17, 15) is 9.59 Å². The molecule has 0 unspecified atom stereocenters. The Balaban J connectivity index is 2.03. The van der Waals surface area contributed by atoms with E-state index in [1.165, 1.54) is 10.6 Å². The maximum Gasteiger partial charge on any atom is 0.419 e. The lowest BCUT2D eigenvalue weighted by Crippen LogP contribution is -2.13. The maximum atomic E-state index is 12.5. The van der Waals surface area contributed by atoms with Crippen molar-refractivity contribution >= 4 is 28.5 Å². The number of nitriles is 1. The van der Waals surface area contributed by atoms with Crippen LogP contribution in [0.3, 0.4) is 0 Å². The van der Waals surface area contributed by atoms with Crippen LogP contribution in [0.15, 0.2) is 51.7 Å². The minimum absolute atomic E-state index is 0.206. The average molecular weight is 327 g/mol. The van der Waals surface area contributed by atoms with Crippen LogP contribution in [0.5, 0.6) is 0 Å². The molecule has 0 saturated carbocycles. The zero-order chi connectivity index (χ0) is 16.4. The lowest BCUT2D eigenvalue weighted by Gasteiger charge is -2.02. The van der Waals surface area contributed by atoms with Gasteiger partial charge < -0.3 is 4.42 Å². The predicted molar refractivity (Wildman–Crippen MR) is 85.6 cm³/mol. The minimum atomic E-state index is -0.539. The summed E-state index contributed by atoms with van der Waals surface area (Å²) in [6.45, 7) is 0.254. The molecule has 0 aliphatic carbocycles. The Bertz CT molecular complexity index is 995. The van der Waals surface area contributed by atoms with Gasteiger partial charge in [-0.2, -0.15) is 5.26 Å². The van der Waals surface area contributed by atoms with Crippen molar-refractivity contribution in [1.82, 2.24) is 4.57 Å². The Hall–Kier alpha value is -2.84. The second-order valence-electron chi connectivity index (χ2n) is 4.95. The molecular weight excluding hydrogens is 316 g/mol. The highest BCUT2D eigenvalue weighted by Gasteiger charge is 2.14. The van der Waals surface area contributed by atoms with Crippen LogP contribution in [0.1, 0.15) is 22.3 Å². The summed E-state index contributed by atoms with van der Waals surface area (Å²) in [5.41, 5.74) is 1.75. The zero-order valence-corrected chi connectivity index (χ0v) is 12.7. The van der Waals surface area contributed by atoms with Gasteiger partial charge in [0.1, 0.15) is 0 Å². The first-order valence-corrected chi connectivity index (χ1v) is 7.28. The van der Waals surface area contributed by atoms with Crippen LogP contribution >= 0.6 is 11.6 Å². The molecule has 0 spiro atoms. The number of hydrogen-bond acceptors (Lipinski definition) is 4. The van der Waals surface area contributed by atoms with Crippen molar-refractivity contribution in [2.45, 2.75) is 13.0 Å². The van der Waals surface area contributed by atoms with E-state index >= 15 is 0 Å². The second-order valence-corrected chi connectivity index (χ2v) is 5.39. The molecule has 0 N–H and O–H groups in total. The van der Waals surface area contributed by atoms with Crippen LogP contribution in [0.25, 0.3) is 11.1 Å². The summed E-state index contributed by atoms with van der Waals surface area (Å²) in [6.07, 6.45) is 0.206. The van der Waals surface area contributed by atoms with Crippen LogP contribution in [-0.2, 0) is 6.54 Å². The highest BCUT2D eigenvalue weighted by atomic mass is 35.5. The number of aromatic nitrogens is 1. The number of oxazole rings is 1. The molecule has 0 bridgehead atoms. The SMILES string of the molecule is N#CCCn1c(=O)oc2cc(C(=O)c3cccc(Cl)c3)ccc21. The summed E-state index contributed by atoms with van der Waals surface area (Å²) >= 11 is 5.90. The summed E-state index contributed by atoms with van der Waals surface area (Å²) in [7, 11) is 0. The Morgan fingerprint density at radius 3 is 2.74 bits per heavy atom. The van der Waals surface area contributed by atoms with Gasteiger partial charge in [-0.15, -0.1) is 0 Å². The summed E-state index contributed by atoms with van der Waals surface area (Å²) in [4.78, 5) is 24.3. The number of fused-ring (bicyclic) bond motifs is 1. The molecule has 3 rings (SSSR count). The number of halogens is 1. The summed E-state index contributed by atoms with van der Waals surface area (Å²) in [5.74, 6) is -0.746. The van der Waals surface area contributed by atoms with E-state index in [0.29, 0.717) is 27.2 Å². The maximum absolute atomic E-state index is 12.5. The van der Waals surface area contributed by atoms with Crippen molar-refractivity contribution in [3.8, 4) is 6.07 Å².